The lowest BCUT2D eigenvalue weighted by atomic mass is 10.1. The molecule has 37 heavy (non-hydrogen) atoms. The molecule has 1 saturated carbocycles. The highest BCUT2D eigenvalue weighted by atomic mass is 35.5. The number of halogens is 3. The fourth-order valence-corrected chi connectivity index (χ4v) is 3.73. The van der Waals surface area contributed by atoms with Crippen LogP contribution in [-0.2, 0) is 0 Å². The van der Waals surface area contributed by atoms with E-state index in [2.05, 4.69) is 31.1 Å². The smallest absolute Gasteiger partial charge is 0.319 e. The lowest BCUT2D eigenvalue weighted by Gasteiger charge is -2.15. The summed E-state index contributed by atoms with van der Waals surface area (Å²) in [5.41, 5.74) is 0.642. The molecule has 0 radical (unpaired) electrons. The predicted molar refractivity (Wildman–Crippen MR) is 131 cm³/mol. The van der Waals surface area contributed by atoms with Crippen LogP contribution in [0.2, 0.25) is 5.02 Å². The number of hydrogen-bond donors (Lipinski definition) is 4. The van der Waals surface area contributed by atoms with Crippen LogP contribution < -0.4 is 25.4 Å². The number of carbonyl (C=O) groups excluding carboxylic acids is 2. The maximum Gasteiger partial charge on any atom is 0.319 e. The van der Waals surface area contributed by atoms with Crippen molar-refractivity contribution in [2.45, 2.75) is 18.9 Å². The Morgan fingerprint density at radius 3 is 2.68 bits per heavy atom. The van der Waals surface area contributed by atoms with Gasteiger partial charge in [0.05, 0.1) is 35.8 Å². The summed E-state index contributed by atoms with van der Waals surface area (Å²) in [5, 5.41) is 13.8. The monoisotopic (exact) mass is 528 g/mol. The predicted octanol–water partition coefficient (Wildman–Crippen LogP) is 5.23. The molecule has 2 aromatic heterocycles. The lowest BCUT2D eigenvalue weighted by Crippen LogP contribution is -2.30. The van der Waals surface area contributed by atoms with E-state index in [4.69, 9.17) is 21.1 Å². The minimum atomic E-state index is -1.21. The molecule has 1 fully saturated rings. The lowest BCUT2D eigenvalue weighted by molar-refractivity contribution is 0.102. The highest BCUT2D eigenvalue weighted by Crippen LogP contribution is 2.39. The number of amides is 3. The Bertz CT molecular complexity index is 1510. The van der Waals surface area contributed by atoms with Crippen LogP contribution in [0.1, 0.15) is 23.2 Å². The summed E-state index contributed by atoms with van der Waals surface area (Å²) in [5.74, 6) is -3.38. The van der Waals surface area contributed by atoms with Crippen molar-refractivity contribution in [2.24, 2.45) is 0 Å². The number of ether oxygens (including phenoxy) is 2. The average molecular weight is 529 g/mol. The molecule has 1 aliphatic carbocycles. The summed E-state index contributed by atoms with van der Waals surface area (Å²) in [7, 11) is 1.39. The van der Waals surface area contributed by atoms with Crippen molar-refractivity contribution in [1.82, 2.24) is 20.5 Å². The number of carbonyl (C=O) groups is 2. The van der Waals surface area contributed by atoms with Crippen LogP contribution in [0.4, 0.5) is 25.0 Å². The third-order valence-corrected chi connectivity index (χ3v) is 5.88. The zero-order chi connectivity index (χ0) is 26.1. The molecule has 1 aliphatic rings. The highest BCUT2D eigenvalue weighted by Gasteiger charge is 2.26. The molecule has 10 nitrogen and oxygen atoms in total. The van der Waals surface area contributed by atoms with Gasteiger partial charge in [-0.25, -0.2) is 13.6 Å². The van der Waals surface area contributed by atoms with Gasteiger partial charge in [0.2, 0.25) is 0 Å². The molecule has 4 N–H and O–H groups in total. The molecule has 13 heteroatoms. The molecule has 4 aromatic rings. The fourth-order valence-electron chi connectivity index (χ4n) is 3.55. The van der Waals surface area contributed by atoms with E-state index in [0.29, 0.717) is 11.2 Å². The quantitative estimate of drug-likeness (QED) is 0.243. The number of nitrogens with one attached hydrogen (secondary N) is 4. The van der Waals surface area contributed by atoms with Crippen molar-refractivity contribution in [1.29, 1.82) is 0 Å². The summed E-state index contributed by atoms with van der Waals surface area (Å²) < 4.78 is 41.0. The van der Waals surface area contributed by atoms with Gasteiger partial charge in [-0.3, -0.25) is 14.9 Å². The van der Waals surface area contributed by atoms with Gasteiger partial charge in [-0.2, -0.15) is 5.10 Å². The number of aromatic amines is 1. The Balaban J connectivity index is 1.48. The van der Waals surface area contributed by atoms with Crippen molar-refractivity contribution < 1.29 is 27.8 Å². The van der Waals surface area contributed by atoms with E-state index in [1.807, 2.05) is 0 Å². The summed E-state index contributed by atoms with van der Waals surface area (Å²) in [4.78, 5) is 29.1. The molecular formula is C24H19ClF2N6O4. The summed E-state index contributed by atoms with van der Waals surface area (Å²) >= 11 is 6.07. The Labute approximate surface area is 213 Å². The second kappa shape index (κ2) is 9.90. The van der Waals surface area contributed by atoms with Gasteiger partial charge in [-0.05, 0) is 25.0 Å². The van der Waals surface area contributed by atoms with E-state index in [-0.39, 0.29) is 34.2 Å². The van der Waals surface area contributed by atoms with Crippen molar-refractivity contribution >= 4 is 45.8 Å². The van der Waals surface area contributed by atoms with Crippen LogP contribution in [0, 0.1) is 11.6 Å². The number of nitrogens with zero attached hydrogens (tertiary/aromatic N) is 2. The van der Waals surface area contributed by atoms with Crippen LogP contribution in [0.5, 0.6) is 17.2 Å². The Morgan fingerprint density at radius 1 is 1.16 bits per heavy atom. The number of urea groups is 1. The Hall–Kier alpha value is -4.45. The van der Waals surface area contributed by atoms with E-state index < -0.39 is 34.3 Å². The molecule has 3 amide bonds. The van der Waals surface area contributed by atoms with Crippen molar-refractivity contribution in [3.05, 3.63) is 65.1 Å². The molecule has 0 atom stereocenters. The van der Waals surface area contributed by atoms with Gasteiger partial charge in [0.25, 0.3) is 5.91 Å². The van der Waals surface area contributed by atoms with Crippen molar-refractivity contribution in [3.63, 3.8) is 0 Å². The largest absolute Gasteiger partial charge is 0.496 e. The van der Waals surface area contributed by atoms with Gasteiger partial charge in [0.1, 0.15) is 16.5 Å². The number of pyridine rings is 1. The van der Waals surface area contributed by atoms with E-state index in [9.17, 15) is 14.0 Å². The molecule has 2 heterocycles. The van der Waals surface area contributed by atoms with Gasteiger partial charge >= 0.3 is 6.03 Å². The summed E-state index contributed by atoms with van der Waals surface area (Å²) in [6.07, 6.45) is 5.97. The van der Waals surface area contributed by atoms with Crippen molar-refractivity contribution in [3.8, 4) is 17.2 Å². The van der Waals surface area contributed by atoms with E-state index in [0.717, 1.165) is 18.9 Å². The number of fused-ring (bicyclic) bond motifs is 1. The van der Waals surface area contributed by atoms with Gasteiger partial charge < -0.3 is 25.4 Å². The average Bonchev–Trinajstić information content (AvgIpc) is 3.55. The zero-order valence-electron chi connectivity index (χ0n) is 19.2. The van der Waals surface area contributed by atoms with Crippen LogP contribution >= 0.6 is 11.6 Å². The maximum atomic E-state index is 15.1. The molecular weight excluding hydrogens is 510 g/mol. The third-order valence-electron chi connectivity index (χ3n) is 5.51. The van der Waals surface area contributed by atoms with Gasteiger partial charge in [0.15, 0.2) is 17.4 Å². The van der Waals surface area contributed by atoms with Crippen molar-refractivity contribution in [2.75, 3.05) is 17.7 Å². The molecule has 0 bridgehead atoms. The Morgan fingerprint density at radius 2 is 1.97 bits per heavy atom. The first kappa shape index (κ1) is 24.3. The number of H-pyrrole nitrogens is 1. The van der Waals surface area contributed by atoms with Crippen LogP contribution in [0.3, 0.4) is 0 Å². The Kier molecular flexibility index (Phi) is 6.49. The van der Waals surface area contributed by atoms with Crippen LogP contribution in [0.25, 0.3) is 10.9 Å². The van der Waals surface area contributed by atoms with Crippen LogP contribution in [0.15, 0.2) is 42.9 Å². The van der Waals surface area contributed by atoms with Gasteiger partial charge in [-0.1, -0.05) is 11.6 Å². The standard InChI is InChI=1S/C24H19ClF2N6O4/c1-36-19-8-16-13(6-14(19)23(34)31-12-9-29-30-10-12)18(4-5-28-16)37-22-15(26)7-17(20(25)21(22)27)33-24(35)32-11-2-3-11/h4-11H,2-3H2,1H3,(H,29,30)(H,31,34)(H2,32,33,35). The topological polar surface area (TPSA) is 130 Å². The molecule has 5 rings (SSSR count). The first-order chi connectivity index (χ1) is 17.8. The molecule has 0 spiro atoms. The van der Waals surface area contributed by atoms with Gasteiger partial charge in [-0.15, -0.1) is 0 Å². The maximum absolute atomic E-state index is 15.1. The minimum absolute atomic E-state index is 0.00562. The summed E-state index contributed by atoms with van der Waals surface area (Å²) in [6, 6.07) is 4.60. The third kappa shape index (κ3) is 5.09. The highest BCUT2D eigenvalue weighted by molar-refractivity contribution is 6.34. The molecule has 0 unspecified atom stereocenters. The first-order valence-corrected chi connectivity index (χ1v) is 11.4. The second-order valence-electron chi connectivity index (χ2n) is 8.16. The van der Waals surface area contributed by atoms with E-state index >= 15 is 4.39 Å². The number of methoxy groups -OCH3 is 1. The SMILES string of the molecule is COc1cc2nccc(Oc3c(F)cc(NC(=O)NC4CC4)c(Cl)c3F)c2cc1C(=O)Nc1cn[nH]c1. The minimum Gasteiger partial charge on any atom is -0.496 e. The number of benzene rings is 2. The number of aromatic nitrogens is 3. The number of anilines is 2. The number of hydrogen-bond acceptors (Lipinski definition) is 6. The second-order valence-corrected chi connectivity index (χ2v) is 8.54. The molecule has 190 valence electrons. The van der Waals surface area contributed by atoms with E-state index in [1.54, 1.807) is 0 Å². The molecule has 0 saturated heterocycles. The molecule has 2 aromatic carbocycles. The zero-order valence-corrected chi connectivity index (χ0v) is 20.0. The number of rotatable bonds is 7. The fraction of sp³-hybridized carbons (Fsp3) is 0.167. The first-order valence-electron chi connectivity index (χ1n) is 11.0. The summed E-state index contributed by atoms with van der Waals surface area (Å²) in [6.45, 7) is 0. The molecule has 0 aliphatic heterocycles. The normalized spacial score (nSPS) is 12.8. The van der Waals surface area contributed by atoms with Gasteiger partial charge in [0, 0.05) is 36.0 Å². The van der Waals surface area contributed by atoms with E-state index in [1.165, 1.54) is 43.9 Å². The van der Waals surface area contributed by atoms with Crippen LogP contribution in [-0.4, -0.2) is 40.3 Å².